The molecule has 2 aromatic carbocycles. The Hall–Kier alpha value is -2.09. The quantitative estimate of drug-likeness (QED) is 0.333. The second kappa shape index (κ2) is 7.03. The molecule has 0 saturated heterocycles. The molecule has 2 nitrogen and oxygen atoms in total. The summed E-state index contributed by atoms with van der Waals surface area (Å²) < 4.78 is 41.6. The zero-order chi connectivity index (χ0) is 18.0. The van der Waals surface area contributed by atoms with Crippen LogP contribution in [0.2, 0.25) is 0 Å². The van der Waals surface area contributed by atoms with Crippen LogP contribution in [0.3, 0.4) is 0 Å². The maximum absolute atomic E-state index is 12.9. The van der Waals surface area contributed by atoms with E-state index in [0.29, 0.717) is 11.4 Å². The van der Waals surface area contributed by atoms with Gasteiger partial charge in [0.15, 0.2) is 0 Å². The van der Waals surface area contributed by atoms with Crippen LogP contribution in [0.25, 0.3) is 5.69 Å². The number of hydrogen-bond acceptors (Lipinski definition) is 1. The number of rotatable bonds is 3. The first-order chi connectivity index (χ1) is 11.8. The monoisotopic (exact) mass is 454 g/mol. The van der Waals surface area contributed by atoms with E-state index >= 15 is 0 Å². The fourth-order valence-corrected chi connectivity index (χ4v) is 2.75. The summed E-state index contributed by atoms with van der Waals surface area (Å²) in [5.74, 6) is 0. The van der Waals surface area contributed by atoms with Crippen molar-refractivity contribution in [3.63, 3.8) is 0 Å². The molecule has 128 valence electrons. The highest BCUT2D eigenvalue weighted by atomic mass is 127. The minimum absolute atomic E-state index is 0.445. The molecule has 6 heteroatoms. The minimum atomic E-state index is -4.36. The van der Waals surface area contributed by atoms with E-state index in [1.54, 1.807) is 29.1 Å². The van der Waals surface area contributed by atoms with Gasteiger partial charge in [0.25, 0.3) is 0 Å². The highest BCUT2D eigenvalue weighted by molar-refractivity contribution is 14.1. The summed E-state index contributed by atoms with van der Waals surface area (Å²) in [6.07, 6.45) is -0.992. The average molecular weight is 454 g/mol. The Kier molecular flexibility index (Phi) is 4.99. The molecule has 0 bridgehead atoms. The number of benzene rings is 2. The lowest BCUT2D eigenvalue weighted by Crippen LogP contribution is -2.06. The van der Waals surface area contributed by atoms with Crippen molar-refractivity contribution in [2.45, 2.75) is 13.1 Å². The normalized spacial score (nSPS) is 12.0. The first-order valence-electron chi connectivity index (χ1n) is 7.50. The summed E-state index contributed by atoms with van der Waals surface area (Å²) >= 11 is 2.25. The molecule has 0 N–H and O–H groups in total. The Morgan fingerprint density at radius 3 is 2.56 bits per heavy atom. The van der Waals surface area contributed by atoms with Crippen LogP contribution in [-0.4, -0.2) is 10.8 Å². The SMILES string of the molecule is Cc1cc(N=Cc2cccn2-c2cccc(C(F)(F)F)c2)ccc1I. The highest BCUT2D eigenvalue weighted by Crippen LogP contribution is 2.30. The van der Waals surface area contributed by atoms with Crippen LogP contribution in [0, 0.1) is 10.5 Å². The number of aromatic nitrogens is 1. The van der Waals surface area contributed by atoms with Crippen LogP contribution in [0.15, 0.2) is 65.8 Å². The maximum Gasteiger partial charge on any atom is 0.416 e. The van der Waals surface area contributed by atoms with Crippen molar-refractivity contribution in [1.82, 2.24) is 4.57 Å². The molecule has 0 aliphatic carbocycles. The van der Waals surface area contributed by atoms with Gasteiger partial charge in [-0.2, -0.15) is 13.2 Å². The highest BCUT2D eigenvalue weighted by Gasteiger charge is 2.30. The molecule has 0 unspecified atom stereocenters. The molecule has 0 aliphatic heterocycles. The van der Waals surface area contributed by atoms with Gasteiger partial charge in [0.05, 0.1) is 23.2 Å². The van der Waals surface area contributed by atoms with Crippen molar-refractivity contribution < 1.29 is 13.2 Å². The summed E-state index contributed by atoms with van der Waals surface area (Å²) in [4.78, 5) is 4.44. The summed E-state index contributed by atoms with van der Waals surface area (Å²) in [5.41, 5.74) is 2.41. The zero-order valence-electron chi connectivity index (χ0n) is 13.3. The summed E-state index contributed by atoms with van der Waals surface area (Å²) in [5, 5.41) is 0. The van der Waals surface area contributed by atoms with Gasteiger partial charge in [-0.25, -0.2) is 0 Å². The summed E-state index contributed by atoms with van der Waals surface area (Å²) in [6, 6.07) is 14.7. The fraction of sp³-hybridized carbons (Fsp3) is 0.105. The van der Waals surface area contributed by atoms with Crippen LogP contribution < -0.4 is 0 Å². The molecule has 3 aromatic rings. The molecule has 1 aromatic heterocycles. The Balaban J connectivity index is 1.93. The number of nitrogens with zero attached hydrogens (tertiary/aromatic N) is 2. The molecule has 0 atom stereocenters. The van der Waals surface area contributed by atoms with Gasteiger partial charge in [0, 0.05) is 15.5 Å². The van der Waals surface area contributed by atoms with Crippen molar-refractivity contribution in [3.8, 4) is 5.69 Å². The molecule has 0 saturated carbocycles. The minimum Gasteiger partial charge on any atom is -0.316 e. The van der Waals surface area contributed by atoms with Crippen molar-refractivity contribution in [3.05, 3.63) is 81.2 Å². The Labute approximate surface area is 157 Å². The first kappa shape index (κ1) is 17.7. The molecule has 3 rings (SSSR count). The number of halogens is 4. The van der Waals surface area contributed by atoms with Crippen LogP contribution >= 0.6 is 22.6 Å². The van der Waals surface area contributed by atoms with Gasteiger partial charge < -0.3 is 4.57 Å². The van der Waals surface area contributed by atoms with Gasteiger partial charge in [-0.15, -0.1) is 0 Å². The summed E-state index contributed by atoms with van der Waals surface area (Å²) in [6.45, 7) is 2.01. The van der Waals surface area contributed by atoms with E-state index in [2.05, 4.69) is 27.6 Å². The van der Waals surface area contributed by atoms with Crippen LogP contribution in [0.5, 0.6) is 0 Å². The number of aryl methyl sites for hydroxylation is 1. The lowest BCUT2D eigenvalue weighted by Gasteiger charge is -2.11. The van der Waals surface area contributed by atoms with Gasteiger partial charge >= 0.3 is 6.18 Å². The van der Waals surface area contributed by atoms with E-state index in [0.717, 1.165) is 27.0 Å². The van der Waals surface area contributed by atoms with Crippen molar-refractivity contribution in [2.75, 3.05) is 0 Å². The van der Waals surface area contributed by atoms with Crippen LogP contribution in [0.1, 0.15) is 16.8 Å². The predicted molar refractivity (Wildman–Crippen MR) is 102 cm³/mol. The molecule has 0 aliphatic rings. The third-order valence-corrected chi connectivity index (χ3v) is 4.93. The number of aliphatic imine (C=N–C) groups is 1. The van der Waals surface area contributed by atoms with Crippen LogP contribution in [-0.2, 0) is 6.18 Å². The third-order valence-electron chi connectivity index (χ3n) is 3.72. The molecular formula is C19H14F3IN2. The summed E-state index contributed by atoms with van der Waals surface area (Å²) in [7, 11) is 0. The molecule has 0 spiro atoms. The molecule has 0 fully saturated rings. The fourth-order valence-electron chi connectivity index (χ4n) is 2.42. The second-order valence-electron chi connectivity index (χ2n) is 5.54. The molecule has 25 heavy (non-hydrogen) atoms. The van der Waals surface area contributed by atoms with Gasteiger partial charge in [0.2, 0.25) is 0 Å². The lowest BCUT2D eigenvalue weighted by atomic mass is 10.2. The lowest BCUT2D eigenvalue weighted by molar-refractivity contribution is -0.137. The van der Waals surface area contributed by atoms with E-state index in [1.807, 2.05) is 31.2 Å². The van der Waals surface area contributed by atoms with Gasteiger partial charge in [-0.1, -0.05) is 6.07 Å². The average Bonchev–Trinajstić information content (AvgIpc) is 3.04. The second-order valence-corrected chi connectivity index (χ2v) is 6.71. The van der Waals surface area contributed by atoms with Crippen molar-refractivity contribution >= 4 is 34.5 Å². The first-order valence-corrected chi connectivity index (χ1v) is 8.58. The topological polar surface area (TPSA) is 17.3 Å². The standard InChI is InChI=1S/C19H14F3IN2/c1-13-10-15(7-8-18(13)23)24-12-17-6-3-9-25(17)16-5-2-4-14(11-16)19(20,21)22/h2-12H,1H3. The van der Waals surface area contributed by atoms with Crippen LogP contribution in [0.4, 0.5) is 18.9 Å². The van der Waals surface area contributed by atoms with E-state index in [9.17, 15) is 13.2 Å². The largest absolute Gasteiger partial charge is 0.416 e. The zero-order valence-corrected chi connectivity index (χ0v) is 15.4. The van der Waals surface area contributed by atoms with E-state index in [1.165, 1.54) is 6.07 Å². The van der Waals surface area contributed by atoms with Crippen molar-refractivity contribution in [2.24, 2.45) is 4.99 Å². The molecule has 0 radical (unpaired) electrons. The molecular weight excluding hydrogens is 440 g/mol. The number of hydrogen-bond donors (Lipinski definition) is 0. The van der Waals surface area contributed by atoms with Gasteiger partial charge in [0.1, 0.15) is 0 Å². The Bertz CT molecular complexity index is 926. The van der Waals surface area contributed by atoms with E-state index < -0.39 is 11.7 Å². The van der Waals surface area contributed by atoms with Gasteiger partial charge in [-0.05, 0) is 83.6 Å². The molecule has 0 amide bonds. The van der Waals surface area contributed by atoms with E-state index in [-0.39, 0.29) is 0 Å². The third kappa shape index (κ3) is 4.12. The van der Waals surface area contributed by atoms with E-state index in [4.69, 9.17) is 0 Å². The predicted octanol–water partition coefficient (Wildman–Crippen LogP) is 6.16. The number of alkyl halides is 3. The van der Waals surface area contributed by atoms with Crippen molar-refractivity contribution in [1.29, 1.82) is 0 Å². The Morgan fingerprint density at radius 2 is 1.84 bits per heavy atom. The Morgan fingerprint density at radius 1 is 1.04 bits per heavy atom. The molecule has 1 heterocycles. The van der Waals surface area contributed by atoms with Gasteiger partial charge in [-0.3, -0.25) is 4.99 Å². The smallest absolute Gasteiger partial charge is 0.316 e. The maximum atomic E-state index is 12.9.